The molecule has 0 saturated heterocycles. The summed E-state index contributed by atoms with van der Waals surface area (Å²) in [5, 5.41) is 11.6. The molecule has 192 valence electrons. The van der Waals surface area contributed by atoms with Gasteiger partial charge in [0.25, 0.3) is 0 Å². The van der Waals surface area contributed by atoms with E-state index in [1.165, 1.54) is 5.57 Å². The van der Waals surface area contributed by atoms with Gasteiger partial charge < -0.3 is 15.3 Å². The zero-order chi connectivity index (χ0) is 26.0. The smallest absolute Gasteiger partial charge is 0.303 e. The number of hydrogen-bond donors (Lipinski definition) is 3. The van der Waals surface area contributed by atoms with Crippen LogP contribution in [0.4, 0.5) is 0 Å². The molecule has 0 saturated carbocycles. The number of amides is 1. The van der Waals surface area contributed by atoms with E-state index in [9.17, 15) is 19.0 Å². The lowest BCUT2D eigenvalue weighted by atomic mass is 9.92. The van der Waals surface area contributed by atoms with Crippen LogP contribution in [0, 0.1) is 11.8 Å². The highest BCUT2D eigenvalue weighted by Crippen LogP contribution is 2.43. The molecule has 1 amide bonds. The Balaban J connectivity index is 1.68. The fraction of sp³-hybridized carbons (Fsp3) is 0.379. The molecule has 1 aliphatic rings. The zero-order valence-electron chi connectivity index (χ0n) is 20.8. The third-order valence-electron chi connectivity index (χ3n) is 6.37. The molecular formula is C29H36NO5P. The lowest BCUT2D eigenvalue weighted by Crippen LogP contribution is -2.35. The van der Waals surface area contributed by atoms with Gasteiger partial charge in [-0.05, 0) is 53.9 Å². The highest BCUT2D eigenvalue weighted by molar-refractivity contribution is 7.58. The third kappa shape index (κ3) is 9.25. The molecule has 0 fully saturated rings. The summed E-state index contributed by atoms with van der Waals surface area (Å²) in [5.74, 6) is -1.42. The Morgan fingerprint density at radius 2 is 1.81 bits per heavy atom. The van der Waals surface area contributed by atoms with Crippen molar-refractivity contribution in [1.82, 2.24) is 5.32 Å². The molecule has 7 heteroatoms. The number of hydrogen-bond acceptors (Lipinski definition) is 3. The fourth-order valence-corrected chi connectivity index (χ4v) is 6.14. The molecule has 2 aromatic carbocycles. The van der Waals surface area contributed by atoms with Gasteiger partial charge in [-0.15, -0.1) is 0 Å². The average molecular weight is 510 g/mol. The van der Waals surface area contributed by atoms with Crippen molar-refractivity contribution in [2.24, 2.45) is 11.8 Å². The summed E-state index contributed by atoms with van der Waals surface area (Å²) in [5.41, 5.74) is 4.18. The topological polar surface area (TPSA) is 104 Å². The molecule has 3 unspecified atom stereocenters. The molecule has 0 aromatic heterocycles. The number of nitrogens with one attached hydrogen (secondary N) is 1. The van der Waals surface area contributed by atoms with Gasteiger partial charge in [-0.2, -0.15) is 0 Å². The van der Waals surface area contributed by atoms with Crippen LogP contribution in [0.5, 0.6) is 0 Å². The third-order valence-corrected chi connectivity index (χ3v) is 8.31. The second-order valence-corrected chi connectivity index (χ2v) is 12.1. The number of carbonyl (C=O) groups excluding carboxylic acids is 1. The summed E-state index contributed by atoms with van der Waals surface area (Å²) in [7, 11) is -3.57. The first-order valence-electron chi connectivity index (χ1n) is 12.5. The van der Waals surface area contributed by atoms with Crippen LogP contribution in [-0.2, 0) is 27.0 Å². The predicted octanol–water partition coefficient (Wildman–Crippen LogP) is 5.32. The second kappa shape index (κ2) is 13.4. The van der Waals surface area contributed by atoms with E-state index in [4.69, 9.17) is 5.11 Å². The summed E-state index contributed by atoms with van der Waals surface area (Å²) in [4.78, 5) is 34.5. The van der Waals surface area contributed by atoms with Crippen LogP contribution in [0.2, 0.25) is 0 Å². The normalized spacial score (nSPS) is 17.6. The predicted molar refractivity (Wildman–Crippen MR) is 144 cm³/mol. The number of carboxylic acids is 1. The van der Waals surface area contributed by atoms with Crippen LogP contribution in [0.3, 0.4) is 0 Å². The molecule has 1 aliphatic carbocycles. The summed E-state index contributed by atoms with van der Waals surface area (Å²) in [6.07, 6.45) is 8.66. The van der Waals surface area contributed by atoms with Gasteiger partial charge in [-0.3, -0.25) is 14.2 Å². The number of carboxylic acid groups (broad SMARTS) is 1. The van der Waals surface area contributed by atoms with Gasteiger partial charge in [0.15, 0.2) is 0 Å². The number of carbonyl (C=O) groups is 2. The Morgan fingerprint density at radius 3 is 2.47 bits per heavy atom. The molecule has 0 aliphatic heterocycles. The number of rotatable bonds is 13. The summed E-state index contributed by atoms with van der Waals surface area (Å²) < 4.78 is 13.1. The quantitative estimate of drug-likeness (QED) is 0.251. The minimum absolute atomic E-state index is 0.0368. The minimum atomic E-state index is -3.57. The summed E-state index contributed by atoms with van der Waals surface area (Å²) in [6, 6.07) is 17.5. The van der Waals surface area contributed by atoms with E-state index in [0.717, 1.165) is 23.1 Å². The maximum absolute atomic E-state index is 13.1. The Labute approximate surface area is 213 Å². The van der Waals surface area contributed by atoms with Gasteiger partial charge in [0, 0.05) is 25.3 Å². The van der Waals surface area contributed by atoms with Gasteiger partial charge in [-0.25, -0.2) is 0 Å². The summed E-state index contributed by atoms with van der Waals surface area (Å²) >= 11 is 0. The fourth-order valence-electron chi connectivity index (χ4n) is 4.37. The van der Waals surface area contributed by atoms with Gasteiger partial charge in [0.05, 0.1) is 5.92 Å². The monoisotopic (exact) mass is 509 g/mol. The van der Waals surface area contributed by atoms with Gasteiger partial charge in [-0.1, -0.05) is 79.7 Å². The largest absolute Gasteiger partial charge is 0.481 e. The number of aryl methyl sites for hydroxylation is 1. The Bertz CT molecular complexity index is 1120. The van der Waals surface area contributed by atoms with E-state index in [-0.39, 0.29) is 31.2 Å². The van der Waals surface area contributed by atoms with Crippen molar-refractivity contribution in [1.29, 1.82) is 0 Å². The minimum Gasteiger partial charge on any atom is -0.481 e. The molecule has 2 aromatic rings. The molecule has 36 heavy (non-hydrogen) atoms. The standard InChI is InChI=1S/C29H36NO5P/c1-22-7-5-10-26(19-22)25-14-12-24(13-15-25)20-27(29(33)30-17-6-11-28(31)32)21-36(34,35)18-16-23-8-3-2-4-9-23/h2-5,8-10,12-15,19,22,27H,6-7,11,16-18,20-21H2,1H3,(H,30,33)(H,31,32)(H,34,35). The van der Waals surface area contributed by atoms with Crippen LogP contribution in [0.1, 0.15) is 42.9 Å². The average Bonchev–Trinajstić information content (AvgIpc) is 2.86. The van der Waals surface area contributed by atoms with Crippen molar-refractivity contribution < 1.29 is 24.2 Å². The molecule has 0 bridgehead atoms. The number of aliphatic carboxylic acids is 1. The van der Waals surface area contributed by atoms with Gasteiger partial charge in [0.2, 0.25) is 13.3 Å². The van der Waals surface area contributed by atoms with E-state index in [0.29, 0.717) is 25.2 Å². The first-order valence-corrected chi connectivity index (χ1v) is 14.6. The Morgan fingerprint density at radius 1 is 1.08 bits per heavy atom. The van der Waals surface area contributed by atoms with E-state index in [2.05, 4.69) is 30.5 Å². The maximum Gasteiger partial charge on any atom is 0.303 e. The highest BCUT2D eigenvalue weighted by atomic mass is 31.2. The first kappa shape index (κ1) is 27.6. The Kier molecular flexibility index (Phi) is 10.3. The second-order valence-electron chi connectivity index (χ2n) is 9.61. The van der Waals surface area contributed by atoms with Gasteiger partial charge in [0.1, 0.15) is 0 Å². The van der Waals surface area contributed by atoms with Crippen molar-refractivity contribution >= 4 is 24.8 Å². The lowest BCUT2D eigenvalue weighted by molar-refractivity contribution is -0.137. The van der Waals surface area contributed by atoms with E-state index in [1.807, 2.05) is 54.6 Å². The highest BCUT2D eigenvalue weighted by Gasteiger charge is 2.29. The molecule has 6 nitrogen and oxygen atoms in total. The first-order chi connectivity index (χ1) is 17.2. The van der Waals surface area contributed by atoms with E-state index >= 15 is 0 Å². The zero-order valence-corrected chi connectivity index (χ0v) is 21.7. The molecule has 0 radical (unpaired) electrons. The molecule has 3 N–H and O–H groups in total. The molecule has 0 spiro atoms. The van der Waals surface area contributed by atoms with Gasteiger partial charge >= 0.3 is 5.97 Å². The summed E-state index contributed by atoms with van der Waals surface area (Å²) in [6.45, 7) is 2.40. The lowest BCUT2D eigenvalue weighted by Gasteiger charge is -2.21. The molecule has 3 atom stereocenters. The SMILES string of the molecule is CC1C=C(c2ccc(CC(CP(=O)(O)CCc3ccccc3)C(=O)NCCCC(=O)O)cc2)C=CC1. The van der Waals surface area contributed by atoms with Crippen molar-refractivity contribution in [3.8, 4) is 0 Å². The maximum atomic E-state index is 13.1. The van der Waals surface area contributed by atoms with E-state index in [1.54, 1.807) is 0 Å². The van der Waals surface area contributed by atoms with Crippen molar-refractivity contribution in [3.63, 3.8) is 0 Å². The van der Waals surface area contributed by atoms with Crippen LogP contribution >= 0.6 is 7.37 Å². The molecule has 0 heterocycles. The van der Waals surface area contributed by atoms with Crippen LogP contribution in [0.15, 0.2) is 72.8 Å². The molecule has 3 rings (SSSR count). The number of benzene rings is 2. The van der Waals surface area contributed by atoms with Crippen LogP contribution in [-0.4, -0.2) is 40.7 Å². The van der Waals surface area contributed by atoms with Crippen LogP contribution < -0.4 is 5.32 Å². The van der Waals surface area contributed by atoms with Crippen molar-refractivity contribution in [3.05, 3.63) is 89.5 Å². The molecular weight excluding hydrogens is 473 g/mol. The Hall–Kier alpha value is -2.95. The van der Waals surface area contributed by atoms with Crippen molar-refractivity contribution in [2.75, 3.05) is 18.9 Å². The van der Waals surface area contributed by atoms with Crippen molar-refractivity contribution in [2.45, 2.75) is 39.0 Å². The van der Waals surface area contributed by atoms with E-state index < -0.39 is 19.3 Å². The number of allylic oxidation sites excluding steroid dienone is 4. The van der Waals surface area contributed by atoms with Crippen LogP contribution in [0.25, 0.3) is 5.57 Å².